The lowest BCUT2D eigenvalue weighted by Gasteiger charge is -2.52. The number of aliphatic hydroxyl groups is 1. The lowest BCUT2D eigenvalue weighted by atomic mass is 9.67. The molecule has 160 valence electrons. The smallest absolute Gasteiger partial charge is 0.138 e. The van der Waals surface area contributed by atoms with Crippen LogP contribution in [0.5, 0.6) is 5.75 Å². The first-order chi connectivity index (χ1) is 14.8. The van der Waals surface area contributed by atoms with E-state index in [1.54, 1.807) is 30.8 Å². The number of rotatable bonds is 5. The third kappa shape index (κ3) is 3.60. The van der Waals surface area contributed by atoms with Crippen molar-refractivity contribution >= 4 is 11.3 Å². The van der Waals surface area contributed by atoms with Gasteiger partial charge in [0.1, 0.15) is 24.2 Å². The Morgan fingerprint density at radius 1 is 1.29 bits per heavy atom. The van der Waals surface area contributed by atoms with E-state index in [-0.39, 0.29) is 6.61 Å². The molecule has 1 aliphatic carbocycles. The number of nitriles is 1. The maximum absolute atomic E-state index is 10.0. The molecule has 3 aromatic rings. The SMILES string of the molecule is CC(C)(O)COc1cc(-c2ccc(N3C[C@H]4C[C@@H](C3)C4N)nc2)c2c(C#N)cnn2c1. The van der Waals surface area contributed by atoms with Crippen molar-refractivity contribution in [1.29, 1.82) is 5.26 Å². The van der Waals surface area contributed by atoms with Crippen LogP contribution < -0.4 is 15.4 Å². The second-order valence-corrected chi connectivity index (χ2v) is 9.30. The molecule has 6 rings (SSSR count). The molecule has 0 aromatic carbocycles. The second kappa shape index (κ2) is 7.22. The van der Waals surface area contributed by atoms with Gasteiger partial charge in [0, 0.05) is 36.5 Å². The molecule has 0 amide bonds. The molecular formula is C23H26N6O2. The van der Waals surface area contributed by atoms with Crippen molar-refractivity contribution in [3.8, 4) is 22.9 Å². The lowest BCUT2D eigenvalue weighted by molar-refractivity contribution is 0.0283. The zero-order chi connectivity index (χ0) is 21.8. The van der Waals surface area contributed by atoms with Crippen molar-refractivity contribution < 1.29 is 9.84 Å². The van der Waals surface area contributed by atoms with Gasteiger partial charge in [-0.3, -0.25) is 0 Å². The number of anilines is 1. The first-order valence-corrected chi connectivity index (χ1v) is 10.6. The maximum atomic E-state index is 10.0. The van der Waals surface area contributed by atoms with Gasteiger partial charge >= 0.3 is 0 Å². The largest absolute Gasteiger partial charge is 0.489 e. The highest BCUT2D eigenvalue weighted by Gasteiger charge is 2.44. The van der Waals surface area contributed by atoms with Gasteiger partial charge in [0.25, 0.3) is 0 Å². The number of piperidine rings is 2. The molecule has 8 heteroatoms. The van der Waals surface area contributed by atoms with Crippen LogP contribution in [-0.2, 0) is 0 Å². The quantitative estimate of drug-likeness (QED) is 0.653. The molecule has 2 saturated heterocycles. The summed E-state index contributed by atoms with van der Waals surface area (Å²) < 4.78 is 7.43. The van der Waals surface area contributed by atoms with Crippen molar-refractivity contribution in [3.63, 3.8) is 0 Å². The van der Waals surface area contributed by atoms with Crippen LogP contribution in [0.2, 0.25) is 0 Å². The first kappa shape index (κ1) is 19.8. The molecule has 0 radical (unpaired) electrons. The van der Waals surface area contributed by atoms with Crippen LogP contribution in [0, 0.1) is 23.2 Å². The fourth-order valence-electron chi connectivity index (χ4n) is 4.58. The molecular weight excluding hydrogens is 392 g/mol. The van der Waals surface area contributed by atoms with Gasteiger partial charge in [-0.15, -0.1) is 0 Å². The molecule has 2 bridgehead atoms. The number of hydrogen-bond acceptors (Lipinski definition) is 7. The van der Waals surface area contributed by atoms with Crippen molar-refractivity contribution in [2.45, 2.75) is 31.9 Å². The number of aromatic nitrogens is 3. The van der Waals surface area contributed by atoms with Crippen LogP contribution in [0.1, 0.15) is 25.8 Å². The fourth-order valence-corrected chi connectivity index (χ4v) is 4.58. The minimum absolute atomic E-state index is 0.140. The predicted octanol–water partition coefficient (Wildman–Crippen LogP) is 2.20. The standard InChI is InChI=1S/C23H26N6O2/c1-23(2,30)13-31-18-6-19(22-17(7-24)9-27-29(22)12-18)14-3-4-20(26-8-14)28-10-15-5-16(11-28)21(15)25/h3-4,6,8-9,12,15-16,21,30H,5,10-11,13,25H2,1-2H3/t15-,16+,21?. The van der Waals surface area contributed by atoms with E-state index in [9.17, 15) is 10.4 Å². The van der Waals surface area contributed by atoms with Crippen LogP contribution in [0.4, 0.5) is 5.82 Å². The number of nitrogens with zero attached hydrogens (tertiary/aromatic N) is 5. The normalized spacial score (nSPS) is 22.8. The molecule has 31 heavy (non-hydrogen) atoms. The van der Waals surface area contributed by atoms with Gasteiger partial charge in [0.2, 0.25) is 0 Å². The molecule has 1 unspecified atom stereocenters. The summed E-state index contributed by atoms with van der Waals surface area (Å²) in [7, 11) is 0. The van der Waals surface area contributed by atoms with Gasteiger partial charge < -0.3 is 20.5 Å². The van der Waals surface area contributed by atoms with Gasteiger partial charge in [-0.25, -0.2) is 9.50 Å². The Morgan fingerprint density at radius 2 is 2.06 bits per heavy atom. The van der Waals surface area contributed by atoms with Crippen LogP contribution in [0.15, 0.2) is 36.8 Å². The second-order valence-electron chi connectivity index (χ2n) is 9.30. The van der Waals surface area contributed by atoms with E-state index in [2.05, 4.69) is 16.1 Å². The Bertz CT molecular complexity index is 1150. The summed E-state index contributed by atoms with van der Waals surface area (Å²) in [5.74, 6) is 2.64. The van der Waals surface area contributed by atoms with Crippen LogP contribution in [0.25, 0.3) is 16.6 Å². The third-order valence-corrected chi connectivity index (χ3v) is 6.29. The van der Waals surface area contributed by atoms with Crippen molar-refractivity contribution in [1.82, 2.24) is 14.6 Å². The van der Waals surface area contributed by atoms with Crippen molar-refractivity contribution in [3.05, 3.63) is 42.4 Å². The Morgan fingerprint density at radius 3 is 2.68 bits per heavy atom. The summed E-state index contributed by atoms with van der Waals surface area (Å²) in [6.07, 6.45) is 6.32. The monoisotopic (exact) mass is 418 g/mol. The molecule has 0 spiro atoms. The Labute approximate surface area is 180 Å². The summed E-state index contributed by atoms with van der Waals surface area (Å²) >= 11 is 0. The highest BCUT2D eigenvalue weighted by atomic mass is 16.5. The molecule has 1 saturated carbocycles. The molecule has 3 aromatic heterocycles. The van der Waals surface area contributed by atoms with E-state index < -0.39 is 5.60 Å². The predicted molar refractivity (Wildman–Crippen MR) is 117 cm³/mol. The zero-order valence-electron chi connectivity index (χ0n) is 17.7. The molecule has 8 nitrogen and oxygen atoms in total. The van der Waals surface area contributed by atoms with E-state index in [1.165, 1.54) is 6.42 Å². The minimum atomic E-state index is -0.960. The van der Waals surface area contributed by atoms with Gasteiger partial charge in [-0.2, -0.15) is 10.4 Å². The number of pyridine rings is 2. The highest BCUT2D eigenvalue weighted by Crippen LogP contribution is 2.40. The molecule has 3 fully saturated rings. The summed E-state index contributed by atoms with van der Waals surface area (Å²) in [6, 6.07) is 8.46. The molecule has 3 atom stereocenters. The Kier molecular flexibility index (Phi) is 4.61. The molecule has 2 aliphatic heterocycles. The average Bonchev–Trinajstić information content (AvgIpc) is 3.19. The van der Waals surface area contributed by atoms with E-state index in [4.69, 9.17) is 15.5 Å². The maximum Gasteiger partial charge on any atom is 0.138 e. The van der Waals surface area contributed by atoms with Gasteiger partial charge in [-0.05, 0) is 50.3 Å². The van der Waals surface area contributed by atoms with Crippen LogP contribution in [-0.4, -0.2) is 51.0 Å². The third-order valence-electron chi connectivity index (χ3n) is 6.29. The first-order valence-electron chi connectivity index (χ1n) is 10.6. The zero-order valence-corrected chi connectivity index (χ0v) is 17.7. The molecule has 3 aliphatic rings. The van der Waals surface area contributed by atoms with Gasteiger partial charge in [0.05, 0.1) is 29.1 Å². The molecule has 5 heterocycles. The van der Waals surface area contributed by atoms with E-state index in [0.29, 0.717) is 34.7 Å². The number of hydrogen-bond donors (Lipinski definition) is 2. The number of ether oxygens (including phenoxy) is 1. The van der Waals surface area contributed by atoms with E-state index >= 15 is 0 Å². The number of nitrogens with two attached hydrogens (primary N) is 1. The Balaban J connectivity index is 1.48. The van der Waals surface area contributed by atoms with Crippen molar-refractivity contribution in [2.75, 3.05) is 24.6 Å². The van der Waals surface area contributed by atoms with Gasteiger partial charge in [-0.1, -0.05) is 0 Å². The van der Waals surface area contributed by atoms with Crippen molar-refractivity contribution in [2.24, 2.45) is 17.6 Å². The van der Waals surface area contributed by atoms with Crippen LogP contribution >= 0.6 is 0 Å². The van der Waals surface area contributed by atoms with Crippen LogP contribution in [0.3, 0.4) is 0 Å². The highest BCUT2D eigenvalue weighted by molar-refractivity contribution is 5.85. The van der Waals surface area contributed by atoms with Gasteiger partial charge in [0.15, 0.2) is 0 Å². The average molecular weight is 419 g/mol. The Hall–Kier alpha value is -3.15. The topological polar surface area (TPSA) is 113 Å². The van der Waals surface area contributed by atoms with E-state index in [0.717, 1.165) is 30.0 Å². The number of fused-ring (bicyclic) bond motifs is 3. The lowest BCUT2D eigenvalue weighted by Crippen LogP contribution is -2.62. The summed E-state index contributed by atoms with van der Waals surface area (Å²) in [6.45, 7) is 5.43. The fraction of sp³-hybridized carbons (Fsp3) is 0.435. The minimum Gasteiger partial charge on any atom is -0.489 e. The summed E-state index contributed by atoms with van der Waals surface area (Å²) in [4.78, 5) is 7.02. The van der Waals surface area contributed by atoms with E-state index in [1.807, 2.05) is 24.4 Å². The summed E-state index contributed by atoms with van der Waals surface area (Å²) in [5.41, 5.74) is 8.11. The molecule has 3 N–H and O–H groups in total. The summed E-state index contributed by atoms with van der Waals surface area (Å²) in [5, 5.41) is 23.8.